The second kappa shape index (κ2) is 5.73. The van der Waals surface area contributed by atoms with Crippen molar-refractivity contribution in [1.29, 1.82) is 0 Å². The normalized spacial score (nSPS) is 25.5. The summed E-state index contributed by atoms with van der Waals surface area (Å²) in [4.78, 5) is 0. The van der Waals surface area contributed by atoms with E-state index in [0.29, 0.717) is 13.2 Å². The quantitative estimate of drug-likeness (QED) is 0.727. The summed E-state index contributed by atoms with van der Waals surface area (Å²) in [6, 6.07) is 0.0903. The van der Waals surface area contributed by atoms with Gasteiger partial charge in [0, 0.05) is 20.3 Å². The molecule has 0 aromatic carbocycles. The Morgan fingerprint density at radius 3 is 3.11 bits per heavy atom. The maximum atomic E-state index is 5.46. The van der Waals surface area contributed by atoms with Crippen molar-refractivity contribution in [3.63, 3.8) is 0 Å². The highest BCUT2D eigenvalue weighted by Gasteiger charge is 2.36. The second-order valence-electron chi connectivity index (χ2n) is 4.92. The number of hydrogen-bond acceptors (Lipinski definition) is 6. The maximum absolute atomic E-state index is 5.46. The Balaban J connectivity index is 2.07. The molecule has 2 unspecified atom stereocenters. The summed E-state index contributed by atoms with van der Waals surface area (Å²) in [5.41, 5.74) is -0.129. The van der Waals surface area contributed by atoms with Gasteiger partial charge in [0.2, 0.25) is 0 Å². The molecule has 0 saturated carbocycles. The van der Waals surface area contributed by atoms with Gasteiger partial charge in [-0.1, -0.05) is 0 Å². The first-order valence-electron chi connectivity index (χ1n) is 6.26. The van der Waals surface area contributed by atoms with Crippen LogP contribution in [0.25, 0.3) is 0 Å². The molecular weight excluding hydrogens is 234 g/mol. The molecule has 7 heteroatoms. The minimum atomic E-state index is -0.129. The second-order valence-corrected chi connectivity index (χ2v) is 4.92. The predicted octanol–water partition coefficient (Wildman–Crippen LogP) is 0.106. The lowest BCUT2D eigenvalue weighted by Gasteiger charge is -2.25. The smallest absolute Gasteiger partial charge is 0.168 e. The van der Waals surface area contributed by atoms with Crippen molar-refractivity contribution in [2.24, 2.45) is 0 Å². The molecule has 1 fully saturated rings. The summed E-state index contributed by atoms with van der Waals surface area (Å²) in [5, 5.41) is 15.4. The maximum Gasteiger partial charge on any atom is 0.168 e. The van der Waals surface area contributed by atoms with Crippen molar-refractivity contribution in [3.8, 4) is 0 Å². The number of tetrazole rings is 1. The van der Waals surface area contributed by atoms with Gasteiger partial charge in [-0.25, -0.2) is 4.68 Å². The third-order valence-electron chi connectivity index (χ3n) is 3.35. The molecule has 2 rings (SSSR count). The molecule has 1 aromatic rings. The summed E-state index contributed by atoms with van der Waals surface area (Å²) < 4.78 is 12.4. The molecule has 1 N–H and O–H groups in total. The molecule has 1 aliphatic rings. The number of rotatable bonds is 6. The Morgan fingerprint density at radius 2 is 2.44 bits per heavy atom. The zero-order valence-electron chi connectivity index (χ0n) is 11.2. The lowest BCUT2D eigenvalue weighted by atomic mass is 10.0. The first-order chi connectivity index (χ1) is 8.67. The first-order valence-corrected chi connectivity index (χ1v) is 6.26. The lowest BCUT2D eigenvalue weighted by Crippen LogP contribution is -2.36. The minimum Gasteiger partial charge on any atom is -0.383 e. The van der Waals surface area contributed by atoms with Gasteiger partial charge in [0.15, 0.2) is 5.82 Å². The molecule has 0 spiro atoms. The van der Waals surface area contributed by atoms with E-state index in [0.717, 1.165) is 25.4 Å². The van der Waals surface area contributed by atoms with Crippen molar-refractivity contribution in [1.82, 2.24) is 25.5 Å². The molecule has 0 radical (unpaired) electrons. The molecule has 0 amide bonds. The van der Waals surface area contributed by atoms with Crippen LogP contribution >= 0.6 is 0 Å². The van der Waals surface area contributed by atoms with E-state index in [2.05, 4.69) is 34.7 Å². The van der Waals surface area contributed by atoms with Crippen LogP contribution in [-0.4, -0.2) is 53.7 Å². The summed E-state index contributed by atoms with van der Waals surface area (Å²) in [6.07, 6.45) is 0.940. The molecule has 2 atom stereocenters. The highest BCUT2D eigenvalue weighted by atomic mass is 16.5. The number of nitrogens with one attached hydrogen (secondary N) is 1. The molecule has 2 heterocycles. The molecule has 0 bridgehead atoms. The Hall–Kier alpha value is -1.05. The largest absolute Gasteiger partial charge is 0.383 e. The van der Waals surface area contributed by atoms with Crippen LogP contribution in [0, 0.1) is 0 Å². The van der Waals surface area contributed by atoms with Crippen LogP contribution in [0.15, 0.2) is 0 Å². The van der Waals surface area contributed by atoms with Crippen LogP contribution < -0.4 is 5.32 Å². The molecule has 0 aliphatic carbocycles. The van der Waals surface area contributed by atoms with E-state index < -0.39 is 0 Å². The van der Waals surface area contributed by atoms with Gasteiger partial charge in [0.05, 0.1) is 24.8 Å². The molecule has 18 heavy (non-hydrogen) atoms. The van der Waals surface area contributed by atoms with E-state index in [4.69, 9.17) is 9.47 Å². The van der Waals surface area contributed by atoms with Crippen LogP contribution in [0.3, 0.4) is 0 Å². The molecular formula is C11H21N5O2. The van der Waals surface area contributed by atoms with Crippen LogP contribution in [0.2, 0.25) is 0 Å². The van der Waals surface area contributed by atoms with Gasteiger partial charge in [-0.05, 0) is 30.7 Å². The number of hydrogen-bond donors (Lipinski definition) is 1. The molecule has 7 nitrogen and oxygen atoms in total. The van der Waals surface area contributed by atoms with E-state index in [1.54, 1.807) is 7.11 Å². The zero-order chi connectivity index (χ0) is 13.0. The van der Waals surface area contributed by atoms with Gasteiger partial charge >= 0.3 is 0 Å². The topological polar surface area (TPSA) is 74.1 Å². The van der Waals surface area contributed by atoms with E-state index in [1.165, 1.54) is 0 Å². The van der Waals surface area contributed by atoms with Gasteiger partial charge in [-0.15, -0.1) is 5.10 Å². The Kier molecular flexibility index (Phi) is 4.26. The van der Waals surface area contributed by atoms with Gasteiger partial charge in [-0.2, -0.15) is 0 Å². The van der Waals surface area contributed by atoms with Crippen LogP contribution in [0.4, 0.5) is 0 Å². The standard InChI is InChI=1S/C11H21N5O2/c1-9(12-5-7-17-3)10-13-14-15-16(10)11(2)4-6-18-8-11/h9,12H,4-8H2,1-3H3. The van der Waals surface area contributed by atoms with Crippen LogP contribution in [0.1, 0.15) is 32.1 Å². The van der Waals surface area contributed by atoms with Gasteiger partial charge in [-0.3, -0.25) is 0 Å². The molecule has 1 saturated heterocycles. The Morgan fingerprint density at radius 1 is 1.61 bits per heavy atom. The summed E-state index contributed by atoms with van der Waals surface area (Å²) in [7, 11) is 1.69. The monoisotopic (exact) mass is 255 g/mol. The number of nitrogens with zero attached hydrogens (tertiary/aromatic N) is 4. The summed E-state index contributed by atoms with van der Waals surface area (Å²) in [5.74, 6) is 0.846. The highest BCUT2D eigenvalue weighted by molar-refractivity contribution is 4.97. The van der Waals surface area contributed by atoms with Crippen molar-refractivity contribution in [2.75, 3.05) is 33.5 Å². The lowest BCUT2D eigenvalue weighted by molar-refractivity contribution is 0.151. The van der Waals surface area contributed by atoms with Crippen molar-refractivity contribution in [2.45, 2.75) is 31.8 Å². The fraction of sp³-hybridized carbons (Fsp3) is 0.909. The fourth-order valence-electron chi connectivity index (χ4n) is 2.14. The average Bonchev–Trinajstić information content (AvgIpc) is 2.98. The molecule has 1 aliphatic heterocycles. The van der Waals surface area contributed by atoms with E-state index >= 15 is 0 Å². The Bertz CT molecular complexity index is 375. The van der Waals surface area contributed by atoms with Crippen LogP contribution in [-0.2, 0) is 15.0 Å². The Labute approximate surface area is 107 Å². The SMILES string of the molecule is COCCNC(C)c1nnnn1C1(C)CCOC1. The fourth-order valence-corrected chi connectivity index (χ4v) is 2.14. The van der Waals surface area contributed by atoms with Crippen molar-refractivity contribution < 1.29 is 9.47 Å². The third kappa shape index (κ3) is 2.68. The summed E-state index contributed by atoms with van der Waals surface area (Å²) >= 11 is 0. The van der Waals surface area contributed by atoms with Crippen molar-refractivity contribution in [3.05, 3.63) is 5.82 Å². The van der Waals surface area contributed by atoms with E-state index in [-0.39, 0.29) is 11.6 Å². The number of ether oxygens (including phenoxy) is 2. The molecule has 102 valence electrons. The third-order valence-corrected chi connectivity index (χ3v) is 3.35. The predicted molar refractivity (Wildman–Crippen MR) is 65.2 cm³/mol. The minimum absolute atomic E-state index is 0.0903. The van der Waals surface area contributed by atoms with Crippen molar-refractivity contribution >= 4 is 0 Å². The number of methoxy groups -OCH3 is 1. The highest BCUT2D eigenvalue weighted by Crippen LogP contribution is 2.27. The summed E-state index contributed by atoms with van der Waals surface area (Å²) in [6.45, 7) is 7.06. The van der Waals surface area contributed by atoms with E-state index in [9.17, 15) is 0 Å². The first kappa shape index (κ1) is 13.4. The van der Waals surface area contributed by atoms with Gasteiger partial charge in [0.1, 0.15) is 0 Å². The van der Waals surface area contributed by atoms with Crippen LogP contribution in [0.5, 0.6) is 0 Å². The van der Waals surface area contributed by atoms with E-state index in [1.807, 2.05) is 4.68 Å². The van der Waals surface area contributed by atoms with Gasteiger partial charge in [0.25, 0.3) is 0 Å². The average molecular weight is 255 g/mol. The zero-order valence-corrected chi connectivity index (χ0v) is 11.2. The molecule has 1 aromatic heterocycles. The number of aromatic nitrogens is 4. The van der Waals surface area contributed by atoms with Gasteiger partial charge < -0.3 is 14.8 Å².